The first kappa shape index (κ1) is 14.4. The van der Waals surface area contributed by atoms with E-state index in [1.165, 1.54) is 0 Å². The highest BCUT2D eigenvalue weighted by Crippen LogP contribution is 2.65. The van der Waals surface area contributed by atoms with Gasteiger partial charge in [-0.2, -0.15) is 0 Å². The van der Waals surface area contributed by atoms with Crippen molar-refractivity contribution in [2.75, 3.05) is 0 Å². The lowest BCUT2D eigenvalue weighted by molar-refractivity contribution is -0.170. The van der Waals surface area contributed by atoms with E-state index in [2.05, 4.69) is 10.0 Å². The predicted octanol–water partition coefficient (Wildman–Crippen LogP) is 4.59. The van der Waals surface area contributed by atoms with Crippen molar-refractivity contribution in [2.45, 2.75) is 48.6 Å². The van der Waals surface area contributed by atoms with Crippen LogP contribution in [-0.2, 0) is 0 Å². The maximum Gasteiger partial charge on any atom is 0.0705 e. The average molecular weight is 318 g/mol. The second-order valence-corrected chi connectivity index (χ2v) is 8.29. The molecule has 0 aliphatic heterocycles. The molecule has 1 N–H and O–H groups in total. The molecule has 4 aliphatic carbocycles. The van der Waals surface area contributed by atoms with Crippen LogP contribution in [0, 0.1) is 17.8 Å². The van der Waals surface area contributed by atoms with Gasteiger partial charge in [0.25, 0.3) is 0 Å². The second-order valence-electron chi connectivity index (χ2n) is 7.49. The van der Waals surface area contributed by atoms with Gasteiger partial charge < -0.3 is 5.11 Å². The minimum absolute atomic E-state index is 0.0192. The average Bonchev–Trinajstić information content (AvgIpc) is 2.44. The van der Waals surface area contributed by atoms with Gasteiger partial charge in [0.15, 0.2) is 0 Å². The number of hydrogen-bond acceptors (Lipinski definition) is 2. The Hall–Kier alpha value is -1.22. The molecule has 5 rings (SSSR count). The van der Waals surface area contributed by atoms with Gasteiger partial charge in [-0.15, -0.1) is 11.6 Å². The maximum atomic E-state index is 11.3. The molecule has 0 amide bonds. The summed E-state index contributed by atoms with van der Waals surface area (Å²) in [6, 6.07) is 9.54. The Morgan fingerprint density at radius 3 is 2.68 bits per heavy atom. The summed E-state index contributed by atoms with van der Waals surface area (Å²) in [5.41, 5.74) is 9.24. The Kier molecular flexibility index (Phi) is 3.19. The summed E-state index contributed by atoms with van der Waals surface area (Å²) >= 11 is 6.75. The van der Waals surface area contributed by atoms with Crippen LogP contribution in [0.1, 0.15) is 43.7 Å². The Morgan fingerprint density at radius 1 is 1.27 bits per heavy atom. The zero-order valence-corrected chi connectivity index (χ0v) is 13.2. The van der Waals surface area contributed by atoms with Crippen LogP contribution in [0.25, 0.3) is 10.4 Å². The highest BCUT2D eigenvalue weighted by molar-refractivity contribution is 6.24. The molecule has 0 saturated heterocycles. The molecular weight excluding hydrogens is 298 g/mol. The van der Waals surface area contributed by atoms with E-state index < -0.39 is 5.60 Å². The van der Waals surface area contributed by atoms with Crippen molar-refractivity contribution in [3.63, 3.8) is 0 Å². The van der Waals surface area contributed by atoms with E-state index in [0.29, 0.717) is 18.3 Å². The topological polar surface area (TPSA) is 69.0 Å². The molecule has 4 bridgehead atoms. The summed E-state index contributed by atoms with van der Waals surface area (Å²) in [6.45, 7) is 0. The van der Waals surface area contributed by atoms with E-state index in [1.807, 2.05) is 30.3 Å². The zero-order chi connectivity index (χ0) is 15.4. The minimum Gasteiger partial charge on any atom is -0.389 e. The summed E-state index contributed by atoms with van der Waals surface area (Å²) in [7, 11) is 0. The summed E-state index contributed by atoms with van der Waals surface area (Å²) in [6.07, 6.45) is 4.49. The van der Waals surface area contributed by atoms with E-state index in [-0.39, 0.29) is 16.8 Å². The fourth-order valence-electron chi connectivity index (χ4n) is 5.66. The summed E-state index contributed by atoms with van der Waals surface area (Å²) in [5, 5.41) is 15.4. The molecule has 5 heteroatoms. The second kappa shape index (κ2) is 4.89. The molecular formula is C17H20ClN3O. The van der Waals surface area contributed by atoms with Crippen LogP contribution in [0.2, 0.25) is 0 Å². The predicted molar refractivity (Wildman–Crippen MR) is 85.4 cm³/mol. The van der Waals surface area contributed by atoms with Crippen LogP contribution in [0.4, 0.5) is 0 Å². The number of aliphatic hydroxyl groups is 1. The van der Waals surface area contributed by atoms with Gasteiger partial charge in [0.1, 0.15) is 0 Å². The lowest BCUT2D eigenvalue weighted by atomic mass is 9.47. The molecule has 0 heterocycles. The third-order valence-corrected chi connectivity index (χ3v) is 6.41. The molecule has 4 saturated carbocycles. The van der Waals surface area contributed by atoms with E-state index in [1.54, 1.807) is 0 Å². The standard InChI is InChI=1S/C17H20ClN3O/c18-16-7-11-6-13(9-16)14(17(22,8-11)10-16)15(20-21-19)12-4-2-1-3-5-12/h1-5,11,13-15,22H,6-10H2/t11?,13?,14?,15-,16?,17-/m1/s1. The first-order chi connectivity index (χ1) is 10.5. The van der Waals surface area contributed by atoms with Gasteiger partial charge in [0, 0.05) is 15.7 Å². The first-order valence-electron chi connectivity index (χ1n) is 8.03. The van der Waals surface area contributed by atoms with Crippen LogP contribution >= 0.6 is 11.6 Å². The molecule has 4 fully saturated rings. The molecule has 1 aromatic carbocycles. The number of benzene rings is 1. The molecule has 6 atom stereocenters. The minimum atomic E-state index is -0.791. The van der Waals surface area contributed by atoms with Crippen LogP contribution in [-0.4, -0.2) is 15.6 Å². The quantitative estimate of drug-likeness (QED) is 0.377. The number of azide groups is 1. The van der Waals surface area contributed by atoms with E-state index >= 15 is 0 Å². The van der Waals surface area contributed by atoms with Gasteiger partial charge >= 0.3 is 0 Å². The van der Waals surface area contributed by atoms with Crippen LogP contribution in [0.3, 0.4) is 0 Å². The van der Waals surface area contributed by atoms with Crippen molar-refractivity contribution in [3.8, 4) is 0 Å². The SMILES string of the molecule is [N-]=[N+]=N[C@H](c1ccccc1)C1C2CC3CC(Cl)(C2)C[C@]1(O)C3. The van der Waals surface area contributed by atoms with Gasteiger partial charge in [-0.05, 0) is 55.0 Å². The van der Waals surface area contributed by atoms with Crippen molar-refractivity contribution in [1.82, 2.24) is 0 Å². The van der Waals surface area contributed by atoms with Crippen LogP contribution < -0.4 is 0 Å². The number of hydrogen-bond donors (Lipinski definition) is 1. The molecule has 0 radical (unpaired) electrons. The number of halogens is 1. The number of nitrogens with zero attached hydrogens (tertiary/aromatic N) is 3. The highest BCUT2D eigenvalue weighted by atomic mass is 35.5. The zero-order valence-electron chi connectivity index (χ0n) is 12.4. The summed E-state index contributed by atoms with van der Waals surface area (Å²) in [4.78, 5) is 2.83. The third kappa shape index (κ3) is 2.13. The smallest absolute Gasteiger partial charge is 0.0705 e. The fourth-order valence-corrected chi connectivity index (χ4v) is 6.30. The fraction of sp³-hybridized carbons (Fsp3) is 0.647. The van der Waals surface area contributed by atoms with Crippen molar-refractivity contribution >= 4 is 11.6 Å². The number of rotatable bonds is 3. The Morgan fingerprint density at radius 2 is 2.05 bits per heavy atom. The van der Waals surface area contributed by atoms with Gasteiger partial charge in [-0.25, -0.2) is 0 Å². The number of alkyl halides is 1. The largest absolute Gasteiger partial charge is 0.389 e. The van der Waals surface area contributed by atoms with Gasteiger partial charge in [-0.1, -0.05) is 35.4 Å². The summed E-state index contributed by atoms with van der Waals surface area (Å²) in [5.74, 6) is 0.849. The molecule has 1 aromatic rings. The molecule has 116 valence electrons. The van der Waals surface area contributed by atoms with E-state index in [9.17, 15) is 5.11 Å². The van der Waals surface area contributed by atoms with E-state index in [0.717, 1.165) is 31.2 Å². The normalized spacial score (nSPS) is 43.6. The molecule has 22 heavy (non-hydrogen) atoms. The third-order valence-electron chi connectivity index (χ3n) is 5.97. The summed E-state index contributed by atoms with van der Waals surface area (Å²) < 4.78 is 0. The van der Waals surface area contributed by atoms with Crippen LogP contribution in [0.5, 0.6) is 0 Å². The highest BCUT2D eigenvalue weighted by Gasteiger charge is 2.63. The van der Waals surface area contributed by atoms with Crippen LogP contribution in [0.15, 0.2) is 35.4 Å². The molecule has 4 aliphatic rings. The van der Waals surface area contributed by atoms with Crippen molar-refractivity contribution in [1.29, 1.82) is 0 Å². The molecule has 0 aromatic heterocycles. The van der Waals surface area contributed by atoms with Crippen molar-refractivity contribution < 1.29 is 5.11 Å². The first-order valence-corrected chi connectivity index (χ1v) is 8.41. The monoisotopic (exact) mass is 317 g/mol. The van der Waals surface area contributed by atoms with E-state index in [4.69, 9.17) is 17.1 Å². The lowest BCUT2D eigenvalue weighted by Crippen LogP contribution is -2.63. The molecule has 4 nitrogen and oxygen atoms in total. The Bertz CT molecular complexity index is 632. The molecule has 4 unspecified atom stereocenters. The van der Waals surface area contributed by atoms with Gasteiger partial charge in [0.05, 0.1) is 11.6 Å². The Labute approximate surface area is 135 Å². The lowest BCUT2D eigenvalue weighted by Gasteiger charge is -2.63. The maximum absolute atomic E-state index is 11.3. The van der Waals surface area contributed by atoms with Gasteiger partial charge in [-0.3, -0.25) is 0 Å². The molecule has 0 spiro atoms. The Balaban J connectivity index is 1.76. The van der Waals surface area contributed by atoms with Crippen molar-refractivity contribution in [3.05, 3.63) is 46.3 Å². The van der Waals surface area contributed by atoms with Gasteiger partial charge in [0.2, 0.25) is 0 Å². The van der Waals surface area contributed by atoms with Crippen molar-refractivity contribution in [2.24, 2.45) is 22.9 Å².